The number of hydrogen-bond acceptors (Lipinski definition) is 0. The monoisotopic (exact) mass is 375 g/mol. The van der Waals surface area contributed by atoms with E-state index in [-0.39, 0.29) is 26.2 Å². The van der Waals surface area contributed by atoms with Crippen molar-refractivity contribution in [1.82, 2.24) is 0 Å². The van der Waals surface area contributed by atoms with Crippen molar-refractivity contribution in [2.75, 3.05) is 0 Å². The second-order valence-corrected chi connectivity index (χ2v) is 6.65. The molecule has 0 N–H and O–H groups in total. The van der Waals surface area contributed by atoms with Crippen molar-refractivity contribution in [3.8, 4) is 11.1 Å². The Bertz CT molecular complexity index is 866. The molecule has 23 heavy (non-hydrogen) atoms. The molecule has 0 bridgehead atoms. The van der Waals surface area contributed by atoms with E-state index in [4.69, 9.17) is 0 Å². The van der Waals surface area contributed by atoms with Gasteiger partial charge in [0, 0.05) is 26.2 Å². The predicted octanol–water partition coefficient (Wildman–Crippen LogP) is 5.63. The zero-order chi connectivity index (χ0) is 15.4. The summed E-state index contributed by atoms with van der Waals surface area (Å²) in [6.07, 6.45) is 8.70. The van der Waals surface area contributed by atoms with Crippen LogP contribution in [0.3, 0.4) is 0 Å². The topological polar surface area (TPSA) is 0 Å². The molecular weight excluding hydrogens is 355 g/mol. The van der Waals surface area contributed by atoms with Gasteiger partial charge in [0.15, 0.2) is 0 Å². The quantitative estimate of drug-likeness (QED) is 0.483. The Morgan fingerprint density at radius 2 is 1.70 bits per heavy atom. The molecule has 0 fully saturated rings. The van der Waals surface area contributed by atoms with Crippen LogP contribution < -0.4 is 0 Å². The number of benzene rings is 2. The Kier molecular flexibility index (Phi) is 4.36. The minimum atomic E-state index is 0. The van der Waals surface area contributed by atoms with Gasteiger partial charge in [0.2, 0.25) is 0 Å². The molecule has 0 spiro atoms. The van der Waals surface area contributed by atoms with Gasteiger partial charge in [-0.15, -0.1) is 40.0 Å². The van der Waals surface area contributed by atoms with Crippen molar-refractivity contribution in [1.29, 1.82) is 0 Å². The van der Waals surface area contributed by atoms with Crippen LogP contribution in [0.15, 0.2) is 30.4 Å². The molecule has 0 saturated heterocycles. The second-order valence-electron chi connectivity index (χ2n) is 6.65. The Morgan fingerprint density at radius 3 is 2.39 bits per heavy atom. The van der Waals surface area contributed by atoms with Crippen LogP contribution in [-0.2, 0) is 32.6 Å². The van der Waals surface area contributed by atoms with Crippen molar-refractivity contribution in [3.05, 3.63) is 75.4 Å². The zero-order valence-corrected chi connectivity index (χ0v) is 16.8. The van der Waals surface area contributed by atoms with Crippen LogP contribution in [0.25, 0.3) is 16.7 Å². The number of aryl methyl sites for hydroxylation is 1. The smallest absolute Gasteiger partial charge is 0 e. The molecule has 114 valence electrons. The van der Waals surface area contributed by atoms with Gasteiger partial charge in [0.1, 0.15) is 0 Å². The van der Waals surface area contributed by atoms with Gasteiger partial charge in [0.05, 0.1) is 0 Å². The molecule has 2 aliphatic rings. The maximum absolute atomic E-state index is 3.76. The van der Waals surface area contributed by atoms with Gasteiger partial charge in [-0.1, -0.05) is 49.3 Å². The van der Waals surface area contributed by atoms with E-state index in [2.05, 4.69) is 64.1 Å². The fraction of sp³-hybridized carbons (Fsp3) is 0.273. The molecule has 0 aromatic heterocycles. The van der Waals surface area contributed by atoms with E-state index in [1.807, 2.05) is 0 Å². The molecule has 1 heteroatoms. The number of allylic oxidation sites excluding steroid dienone is 4. The maximum Gasteiger partial charge on any atom is 0 e. The Labute approximate surface area is 158 Å². The summed E-state index contributed by atoms with van der Waals surface area (Å²) in [7, 11) is 0. The average molecular weight is 377 g/mol. The first-order valence-electron chi connectivity index (χ1n) is 8.08. The van der Waals surface area contributed by atoms with Crippen LogP contribution in [0, 0.1) is 33.8 Å². The van der Waals surface area contributed by atoms with E-state index < -0.39 is 0 Å². The summed E-state index contributed by atoms with van der Waals surface area (Å²) in [6, 6.07) is 8.32. The molecule has 0 amide bonds. The zero-order valence-electron chi connectivity index (χ0n) is 14.3. The number of rotatable bonds is 1. The molecule has 2 aromatic carbocycles. The molecule has 2 aliphatic carbocycles. The first-order valence-corrected chi connectivity index (χ1v) is 8.08. The Balaban J connectivity index is 0.00000156. The molecule has 0 aliphatic heterocycles. The molecule has 2 aromatic rings. The van der Waals surface area contributed by atoms with Crippen molar-refractivity contribution in [2.24, 2.45) is 0 Å². The molecule has 0 unspecified atom stereocenters. The first-order chi connectivity index (χ1) is 10.6. The van der Waals surface area contributed by atoms with Gasteiger partial charge in [-0.05, 0) is 43.4 Å². The van der Waals surface area contributed by atoms with Crippen molar-refractivity contribution in [2.45, 2.75) is 40.5 Å². The van der Waals surface area contributed by atoms with Crippen LogP contribution in [0.2, 0.25) is 0 Å². The SMILES string of the molecule is Cc1ccc2c(c1C)-c1c([c-]c(C3=CC=CC3)c(C)c1C)C2.[Zr]. The Hall–Kier alpha value is -1.20. The first kappa shape index (κ1) is 16.7. The summed E-state index contributed by atoms with van der Waals surface area (Å²) < 4.78 is 0. The summed E-state index contributed by atoms with van der Waals surface area (Å²) in [5.74, 6) is 0. The Morgan fingerprint density at radius 1 is 0.913 bits per heavy atom. The summed E-state index contributed by atoms with van der Waals surface area (Å²) in [4.78, 5) is 0. The molecule has 0 saturated carbocycles. The van der Waals surface area contributed by atoms with Gasteiger partial charge in [-0.3, -0.25) is 0 Å². The summed E-state index contributed by atoms with van der Waals surface area (Å²) in [5, 5.41) is 0. The largest absolute Gasteiger partial charge is 0.143 e. The number of fused-ring (bicyclic) bond motifs is 3. The van der Waals surface area contributed by atoms with E-state index in [9.17, 15) is 0 Å². The molecule has 4 rings (SSSR count). The van der Waals surface area contributed by atoms with Crippen LogP contribution >= 0.6 is 0 Å². The van der Waals surface area contributed by atoms with E-state index in [0.29, 0.717) is 0 Å². The van der Waals surface area contributed by atoms with Crippen molar-refractivity contribution in [3.63, 3.8) is 0 Å². The summed E-state index contributed by atoms with van der Waals surface area (Å²) in [5.41, 5.74) is 14.1. The van der Waals surface area contributed by atoms with E-state index in [0.717, 1.165) is 12.8 Å². The van der Waals surface area contributed by atoms with Crippen molar-refractivity contribution < 1.29 is 26.2 Å². The van der Waals surface area contributed by atoms with Gasteiger partial charge >= 0.3 is 0 Å². The van der Waals surface area contributed by atoms with Gasteiger partial charge < -0.3 is 0 Å². The predicted molar refractivity (Wildman–Crippen MR) is 94.2 cm³/mol. The number of hydrogen-bond donors (Lipinski definition) is 0. The third-order valence-corrected chi connectivity index (χ3v) is 5.42. The molecule has 0 heterocycles. The molecular formula is C22H21Zr-. The normalized spacial score (nSPS) is 14.3. The third-order valence-electron chi connectivity index (χ3n) is 5.42. The standard InChI is InChI=1S/C22H21.Zr/c1-13-9-10-18-11-19-12-20(17-7-5-6-8-17)15(3)16(4)22(19)21(18)14(13)2;/h5-7,9-10H,8,11H2,1-4H3;/q-1;. The summed E-state index contributed by atoms with van der Waals surface area (Å²) >= 11 is 0. The minimum absolute atomic E-state index is 0. The van der Waals surface area contributed by atoms with Crippen LogP contribution in [0.4, 0.5) is 0 Å². The van der Waals surface area contributed by atoms with Crippen LogP contribution in [0.1, 0.15) is 45.4 Å². The molecule has 0 nitrogen and oxygen atoms in total. The second kappa shape index (κ2) is 6.02. The van der Waals surface area contributed by atoms with Crippen molar-refractivity contribution >= 4 is 5.57 Å². The summed E-state index contributed by atoms with van der Waals surface area (Å²) in [6.45, 7) is 9.01. The van der Waals surface area contributed by atoms with Gasteiger partial charge in [-0.2, -0.15) is 0 Å². The van der Waals surface area contributed by atoms with E-state index in [1.165, 1.54) is 55.6 Å². The fourth-order valence-corrected chi connectivity index (χ4v) is 3.89. The maximum atomic E-state index is 3.76. The molecule has 0 radical (unpaired) electrons. The van der Waals surface area contributed by atoms with Gasteiger partial charge in [-0.25, -0.2) is 0 Å². The fourth-order valence-electron chi connectivity index (χ4n) is 3.89. The third kappa shape index (κ3) is 2.45. The minimum Gasteiger partial charge on any atom is -0.143 e. The van der Waals surface area contributed by atoms with E-state index >= 15 is 0 Å². The molecule has 0 atom stereocenters. The average Bonchev–Trinajstić information content (AvgIpc) is 3.14. The van der Waals surface area contributed by atoms with E-state index in [1.54, 1.807) is 0 Å². The van der Waals surface area contributed by atoms with Crippen LogP contribution in [0.5, 0.6) is 0 Å². The van der Waals surface area contributed by atoms with Gasteiger partial charge in [0.25, 0.3) is 0 Å². The van der Waals surface area contributed by atoms with Crippen LogP contribution in [-0.4, -0.2) is 0 Å².